The molecule has 1 aliphatic rings. The first-order valence-electron chi connectivity index (χ1n) is 14.0. The standard InChI is InChI=1S/C32H36N2O7S/c1-7-38-25-16-21(10-15-24(25)41-18-27(35)39-8-2)17-26-30(36)34-29(23-13-11-22(12-14-23)19(4)5)28(31(37)40-9-3)20(6)33-32(34)42-26/h10-17,19,29H,7-9,18H2,1-6H3/b26-17+. The van der Waals surface area contributed by atoms with Crippen molar-refractivity contribution in [2.75, 3.05) is 26.4 Å². The zero-order chi connectivity index (χ0) is 30.4. The summed E-state index contributed by atoms with van der Waals surface area (Å²) in [5, 5.41) is 0. The van der Waals surface area contributed by atoms with Gasteiger partial charge in [-0.1, -0.05) is 55.5 Å². The molecule has 1 aromatic heterocycles. The van der Waals surface area contributed by atoms with E-state index in [0.717, 1.165) is 11.1 Å². The molecule has 0 saturated heterocycles. The van der Waals surface area contributed by atoms with E-state index < -0.39 is 18.0 Å². The fraction of sp³-hybridized carbons (Fsp3) is 0.375. The molecule has 0 radical (unpaired) electrons. The van der Waals surface area contributed by atoms with Crippen LogP contribution >= 0.6 is 11.3 Å². The molecule has 9 nitrogen and oxygen atoms in total. The van der Waals surface area contributed by atoms with Crippen LogP contribution in [0.3, 0.4) is 0 Å². The van der Waals surface area contributed by atoms with Gasteiger partial charge in [0.15, 0.2) is 22.9 Å². The number of thiazole rings is 1. The van der Waals surface area contributed by atoms with Crippen molar-refractivity contribution in [1.29, 1.82) is 0 Å². The summed E-state index contributed by atoms with van der Waals surface area (Å²) in [6, 6.07) is 12.5. The van der Waals surface area contributed by atoms with E-state index in [-0.39, 0.29) is 25.4 Å². The maximum atomic E-state index is 13.9. The summed E-state index contributed by atoms with van der Waals surface area (Å²) in [4.78, 5) is 44.0. The monoisotopic (exact) mass is 592 g/mol. The molecular formula is C32H36N2O7S. The van der Waals surface area contributed by atoms with Gasteiger partial charge in [0.2, 0.25) is 0 Å². The number of ether oxygens (including phenoxy) is 4. The highest BCUT2D eigenvalue weighted by molar-refractivity contribution is 7.07. The van der Waals surface area contributed by atoms with Gasteiger partial charge in [0.1, 0.15) is 0 Å². The summed E-state index contributed by atoms with van der Waals surface area (Å²) in [6.45, 7) is 11.9. The Bertz CT molecular complexity index is 1670. The molecule has 1 atom stereocenters. The molecule has 0 spiro atoms. The second-order valence-electron chi connectivity index (χ2n) is 9.86. The van der Waals surface area contributed by atoms with Crippen molar-refractivity contribution >= 4 is 29.4 Å². The van der Waals surface area contributed by atoms with Crippen LogP contribution in [0.5, 0.6) is 11.5 Å². The van der Waals surface area contributed by atoms with Crippen molar-refractivity contribution in [3.05, 3.63) is 90.1 Å². The summed E-state index contributed by atoms with van der Waals surface area (Å²) in [6.07, 6.45) is 1.75. The predicted octanol–water partition coefficient (Wildman–Crippen LogP) is 4.26. The molecule has 0 fully saturated rings. The van der Waals surface area contributed by atoms with Crippen LogP contribution in [0.4, 0.5) is 0 Å². The van der Waals surface area contributed by atoms with Gasteiger partial charge in [0, 0.05) is 0 Å². The number of carbonyl (C=O) groups excluding carboxylic acids is 2. The second kappa shape index (κ2) is 13.7. The molecular weight excluding hydrogens is 556 g/mol. The van der Waals surface area contributed by atoms with Gasteiger partial charge in [-0.3, -0.25) is 9.36 Å². The first kappa shape index (κ1) is 30.8. The molecule has 3 aromatic rings. The molecule has 222 valence electrons. The maximum Gasteiger partial charge on any atom is 0.344 e. The van der Waals surface area contributed by atoms with Gasteiger partial charge < -0.3 is 18.9 Å². The third-order valence-electron chi connectivity index (χ3n) is 6.65. The summed E-state index contributed by atoms with van der Waals surface area (Å²) in [5.41, 5.74) is 3.24. The Kier molecular flexibility index (Phi) is 10.0. The van der Waals surface area contributed by atoms with E-state index >= 15 is 0 Å². The van der Waals surface area contributed by atoms with Gasteiger partial charge in [-0.15, -0.1) is 0 Å². The minimum Gasteiger partial charge on any atom is -0.490 e. The summed E-state index contributed by atoms with van der Waals surface area (Å²) >= 11 is 1.25. The summed E-state index contributed by atoms with van der Waals surface area (Å²) in [5.74, 6) is 0.197. The quantitative estimate of drug-likeness (QED) is 0.307. The third-order valence-corrected chi connectivity index (χ3v) is 7.64. The molecule has 0 amide bonds. The Hall–Kier alpha value is -4.18. The summed E-state index contributed by atoms with van der Waals surface area (Å²) < 4.78 is 23.7. The van der Waals surface area contributed by atoms with Crippen molar-refractivity contribution in [3.8, 4) is 11.5 Å². The molecule has 4 rings (SSSR count). The van der Waals surface area contributed by atoms with Crippen LogP contribution in [0.1, 0.15) is 70.2 Å². The second-order valence-corrected chi connectivity index (χ2v) is 10.9. The van der Waals surface area contributed by atoms with E-state index in [2.05, 4.69) is 18.8 Å². The van der Waals surface area contributed by atoms with Gasteiger partial charge in [-0.05, 0) is 68.5 Å². The first-order chi connectivity index (χ1) is 20.2. The van der Waals surface area contributed by atoms with Crippen molar-refractivity contribution < 1.29 is 28.5 Å². The van der Waals surface area contributed by atoms with Crippen molar-refractivity contribution in [2.24, 2.45) is 4.99 Å². The molecule has 42 heavy (non-hydrogen) atoms. The molecule has 10 heteroatoms. The van der Waals surface area contributed by atoms with Crippen LogP contribution in [-0.2, 0) is 19.1 Å². The van der Waals surface area contributed by atoms with Crippen molar-refractivity contribution in [3.63, 3.8) is 0 Å². The van der Waals surface area contributed by atoms with E-state index in [1.807, 2.05) is 31.2 Å². The molecule has 2 heterocycles. The van der Waals surface area contributed by atoms with E-state index in [4.69, 9.17) is 18.9 Å². The van der Waals surface area contributed by atoms with E-state index in [1.165, 1.54) is 11.3 Å². The third kappa shape index (κ3) is 6.65. The molecule has 0 saturated carbocycles. The lowest BCUT2D eigenvalue weighted by atomic mass is 9.93. The Morgan fingerprint density at radius 1 is 0.976 bits per heavy atom. The molecule has 1 unspecified atom stereocenters. The normalized spacial score (nSPS) is 14.8. The number of carbonyl (C=O) groups is 2. The zero-order valence-electron chi connectivity index (χ0n) is 24.8. The van der Waals surface area contributed by atoms with Crippen LogP contribution in [-0.4, -0.2) is 42.9 Å². The molecule has 0 bridgehead atoms. The number of nitrogens with zero attached hydrogens (tertiary/aromatic N) is 2. The predicted molar refractivity (Wildman–Crippen MR) is 161 cm³/mol. The van der Waals surface area contributed by atoms with E-state index in [9.17, 15) is 14.4 Å². The smallest absolute Gasteiger partial charge is 0.344 e. The highest BCUT2D eigenvalue weighted by Gasteiger charge is 2.33. The van der Waals surface area contributed by atoms with Crippen LogP contribution in [0.25, 0.3) is 6.08 Å². The zero-order valence-corrected chi connectivity index (χ0v) is 25.6. The highest BCUT2D eigenvalue weighted by atomic mass is 32.1. The number of fused-ring (bicyclic) bond motifs is 1. The SMILES string of the molecule is CCOC(=O)COc1ccc(/C=c2/sc3n(c2=O)C(c2ccc(C(C)C)cc2)C(C(=O)OCC)=C(C)N=3)cc1OCC. The molecule has 0 N–H and O–H groups in total. The van der Waals surface area contributed by atoms with Crippen LogP contribution in [0, 0.1) is 0 Å². The van der Waals surface area contributed by atoms with E-state index in [1.54, 1.807) is 49.6 Å². The Morgan fingerprint density at radius 2 is 1.69 bits per heavy atom. The highest BCUT2D eigenvalue weighted by Crippen LogP contribution is 2.32. The maximum absolute atomic E-state index is 13.9. The Balaban J connectivity index is 1.80. The molecule has 0 aliphatic carbocycles. The van der Waals surface area contributed by atoms with Gasteiger partial charge in [-0.2, -0.15) is 0 Å². The molecule has 1 aliphatic heterocycles. The number of hydrogen-bond acceptors (Lipinski definition) is 9. The Labute approximate surface area is 248 Å². The van der Waals surface area contributed by atoms with Crippen LogP contribution < -0.4 is 24.4 Å². The van der Waals surface area contributed by atoms with E-state index in [0.29, 0.717) is 50.2 Å². The van der Waals surface area contributed by atoms with Crippen LogP contribution in [0.15, 0.2) is 63.5 Å². The average molecular weight is 593 g/mol. The minimum atomic E-state index is -0.679. The van der Waals surface area contributed by atoms with Gasteiger partial charge in [-0.25, -0.2) is 14.6 Å². The summed E-state index contributed by atoms with van der Waals surface area (Å²) in [7, 11) is 0. The van der Waals surface area contributed by atoms with Crippen molar-refractivity contribution in [1.82, 2.24) is 4.57 Å². The van der Waals surface area contributed by atoms with Gasteiger partial charge in [0.05, 0.1) is 41.7 Å². The number of hydrogen-bond donors (Lipinski definition) is 0. The number of rotatable bonds is 11. The fourth-order valence-corrected chi connectivity index (χ4v) is 5.71. The van der Waals surface area contributed by atoms with Gasteiger partial charge >= 0.3 is 11.9 Å². The number of benzene rings is 2. The van der Waals surface area contributed by atoms with Crippen LogP contribution in [0.2, 0.25) is 0 Å². The largest absolute Gasteiger partial charge is 0.490 e. The number of esters is 2. The topological polar surface area (TPSA) is 105 Å². The minimum absolute atomic E-state index is 0.209. The lowest BCUT2D eigenvalue weighted by molar-refractivity contribution is -0.145. The average Bonchev–Trinajstić information content (AvgIpc) is 3.26. The lowest BCUT2D eigenvalue weighted by Crippen LogP contribution is -2.39. The van der Waals surface area contributed by atoms with Crippen molar-refractivity contribution in [2.45, 2.75) is 53.5 Å². The van der Waals surface area contributed by atoms with Gasteiger partial charge in [0.25, 0.3) is 5.56 Å². The lowest BCUT2D eigenvalue weighted by Gasteiger charge is -2.25. The Morgan fingerprint density at radius 3 is 2.33 bits per heavy atom. The number of allylic oxidation sites excluding steroid dienone is 1. The molecule has 2 aromatic carbocycles. The fourth-order valence-electron chi connectivity index (χ4n) is 4.66. The first-order valence-corrected chi connectivity index (χ1v) is 14.8. The number of aromatic nitrogens is 1.